The van der Waals surface area contributed by atoms with Crippen LogP contribution in [0.1, 0.15) is 58.3 Å². The molecule has 2 nitrogen and oxygen atoms in total. The van der Waals surface area contributed by atoms with Gasteiger partial charge in [-0.15, -0.1) is 0 Å². The average Bonchev–Trinajstić information content (AvgIpc) is 2.20. The molecule has 0 unspecified atom stereocenters. The largest absolute Gasteiger partial charge is 0.273 e. The number of unbranched alkanes of at least 4 members (excludes halogenated alkanes) is 1. The number of nitrogens with zero attached hydrogens (tertiary/aromatic N) is 1. The lowest BCUT2D eigenvalue weighted by Crippen LogP contribution is -2.21. The third-order valence-electron chi connectivity index (χ3n) is 2.99. The van der Waals surface area contributed by atoms with Crippen molar-refractivity contribution in [2.24, 2.45) is 5.92 Å². The summed E-state index contributed by atoms with van der Waals surface area (Å²) in [5.74, 6) is 0.784. The lowest BCUT2D eigenvalue weighted by Gasteiger charge is -2.20. The molecule has 81 valence electrons. The van der Waals surface area contributed by atoms with Gasteiger partial charge < -0.3 is 0 Å². The second-order valence-corrected chi connectivity index (χ2v) is 4.34. The van der Waals surface area contributed by atoms with Crippen LogP contribution in [0.5, 0.6) is 0 Å². The zero-order chi connectivity index (χ0) is 10.2. The van der Waals surface area contributed by atoms with Crippen LogP contribution >= 0.6 is 0 Å². The maximum absolute atomic E-state index is 11.4. The monoisotopic (exact) mass is 196 g/mol. The number of hydrogen-bond acceptors (Lipinski definition) is 1. The molecule has 0 spiro atoms. The Balaban J connectivity index is 2.06. The van der Waals surface area contributed by atoms with Crippen molar-refractivity contribution in [1.82, 2.24) is 5.32 Å². The summed E-state index contributed by atoms with van der Waals surface area (Å²) in [5.41, 5.74) is 0. The van der Waals surface area contributed by atoms with E-state index in [-0.39, 0.29) is 5.91 Å². The molecular weight excluding hydrogens is 174 g/mol. The minimum atomic E-state index is 0.144. The number of carbonyl (C=O) groups is 1. The van der Waals surface area contributed by atoms with Crippen LogP contribution in [-0.4, -0.2) is 12.5 Å². The van der Waals surface area contributed by atoms with Crippen molar-refractivity contribution >= 4 is 5.91 Å². The Hall–Kier alpha value is -0.530. The molecule has 1 aliphatic carbocycles. The maximum Gasteiger partial charge on any atom is 0.241 e. The highest BCUT2D eigenvalue weighted by Gasteiger charge is 2.16. The van der Waals surface area contributed by atoms with E-state index in [4.69, 9.17) is 0 Å². The summed E-state index contributed by atoms with van der Waals surface area (Å²) in [5, 5.41) is 4.07. The van der Waals surface area contributed by atoms with Crippen molar-refractivity contribution in [3.63, 3.8) is 0 Å². The topological polar surface area (TPSA) is 31.2 Å². The first-order chi connectivity index (χ1) is 6.83. The first-order valence-electron chi connectivity index (χ1n) is 6.03. The summed E-state index contributed by atoms with van der Waals surface area (Å²) in [6.45, 7) is 2.86. The van der Waals surface area contributed by atoms with Crippen LogP contribution in [0.2, 0.25) is 0 Å². The Labute approximate surface area is 87.5 Å². The van der Waals surface area contributed by atoms with E-state index < -0.39 is 0 Å². The summed E-state index contributed by atoms with van der Waals surface area (Å²) in [4.78, 5) is 11.4. The van der Waals surface area contributed by atoms with E-state index in [0.29, 0.717) is 12.3 Å². The molecule has 0 saturated heterocycles. The van der Waals surface area contributed by atoms with E-state index >= 15 is 0 Å². The first kappa shape index (κ1) is 11.5. The van der Waals surface area contributed by atoms with Crippen LogP contribution in [0.15, 0.2) is 0 Å². The maximum atomic E-state index is 11.4. The van der Waals surface area contributed by atoms with Gasteiger partial charge in [0.25, 0.3) is 0 Å². The van der Waals surface area contributed by atoms with Gasteiger partial charge in [-0.3, -0.25) is 10.1 Å². The highest BCUT2D eigenvalue weighted by Crippen LogP contribution is 2.26. The number of carbonyl (C=O) groups excluding carboxylic acids is 1. The smallest absolute Gasteiger partial charge is 0.241 e. The molecule has 1 radical (unpaired) electrons. The molecule has 0 aromatic rings. The molecule has 2 heteroatoms. The minimum Gasteiger partial charge on any atom is -0.273 e. The van der Waals surface area contributed by atoms with Gasteiger partial charge >= 0.3 is 0 Å². The molecular formula is C12H22NO. The predicted molar refractivity (Wildman–Crippen MR) is 58.1 cm³/mol. The number of hydrogen-bond donors (Lipinski definition) is 0. The molecule has 14 heavy (non-hydrogen) atoms. The zero-order valence-corrected chi connectivity index (χ0v) is 9.30. The fourth-order valence-corrected chi connectivity index (χ4v) is 2.06. The third kappa shape index (κ3) is 4.64. The molecule has 0 aromatic heterocycles. The normalized spacial score (nSPS) is 18.1. The van der Waals surface area contributed by atoms with Gasteiger partial charge in [0.15, 0.2) is 0 Å². The summed E-state index contributed by atoms with van der Waals surface area (Å²) in [6.07, 6.45) is 9.36. The van der Waals surface area contributed by atoms with E-state index in [2.05, 4.69) is 12.2 Å². The molecule has 0 aliphatic heterocycles. The van der Waals surface area contributed by atoms with Gasteiger partial charge in [-0.2, -0.15) is 0 Å². The molecule has 0 atom stereocenters. The van der Waals surface area contributed by atoms with Gasteiger partial charge in [0.05, 0.1) is 0 Å². The van der Waals surface area contributed by atoms with E-state index in [1.54, 1.807) is 0 Å². The molecule has 0 heterocycles. The van der Waals surface area contributed by atoms with Gasteiger partial charge in [0, 0.05) is 13.0 Å². The predicted octanol–water partition coefficient (Wildman–Crippen LogP) is 2.89. The van der Waals surface area contributed by atoms with Crippen molar-refractivity contribution < 1.29 is 4.79 Å². The van der Waals surface area contributed by atoms with Gasteiger partial charge in [0.1, 0.15) is 0 Å². The van der Waals surface area contributed by atoms with E-state index in [9.17, 15) is 4.79 Å². The quantitative estimate of drug-likeness (QED) is 0.622. The molecule has 1 saturated carbocycles. The number of rotatable bonds is 5. The van der Waals surface area contributed by atoms with Crippen molar-refractivity contribution in [3.8, 4) is 0 Å². The zero-order valence-electron chi connectivity index (χ0n) is 9.30. The van der Waals surface area contributed by atoms with Gasteiger partial charge in [-0.1, -0.05) is 32.6 Å². The van der Waals surface area contributed by atoms with Crippen LogP contribution in [0.3, 0.4) is 0 Å². The van der Waals surface area contributed by atoms with Gasteiger partial charge in [0.2, 0.25) is 5.91 Å². The van der Waals surface area contributed by atoms with Gasteiger partial charge in [-0.25, -0.2) is 0 Å². The van der Waals surface area contributed by atoms with E-state index in [1.165, 1.54) is 32.1 Å². The average molecular weight is 196 g/mol. The van der Waals surface area contributed by atoms with Crippen molar-refractivity contribution in [3.05, 3.63) is 0 Å². The van der Waals surface area contributed by atoms with Gasteiger partial charge in [-0.05, 0) is 25.2 Å². The lowest BCUT2D eigenvalue weighted by molar-refractivity contribution is -0.122. The Kier molecular flexibility index (Phi) is 5.65. The molecule has 1 rings (SSSR count). The second kappa shape index (κ2) is 6.86. The highest BCUT2D eigenvalue weighted by atomic mass is 16.1. The van der Waals surface area contributed by atoms with E-state index in [0.717, 1.165) is 19.4 Å². The Morgan fingerprint density at radius 1 is 1.29 bits per heavy atom. The molecule has 1 fully saturated rings. The second-order valence-electron chi connectivity index (χ2n) is 4.34. The lowest BCUT2D eigenvalue weighted by atomic mass is 9.87. The highest BCUT2D eigenvalue weighted by molar-refractivity contribution is 5.75. The Bertz CT molecular complexity index is 162. The fraction of sp³-hybridized carbons (Fsp3) is 0.917. The summed E-state index contributed by atoms with van der Waals surface area (Å²) in [7, 11) is 0. The Morgan fingerprint density at radius 2 is 2.00 bits per heavy atom. The Morgan fingerprint density at radius 3 is 2.64 bits per heavy atom. The molecule has 1 aliphatic rings. The summed E-state index contributed by atoms with van der Waals surface area (Å²) < 4.78 is 0. The SMILES string of the molecule is CCCC[N]C(=O)CC1CCCCC1. The van der Waals surface area contributed by atoms with Crippen LogP contribution in [-0.2, 0) is 4.79 Å². The minimum absolute atomic E-state index is 0.144. The standard InChI is InChI=1S/C12H22NO/c1-2-3-9-13-12(14)10-11-7-5-4-6-8-11/h11H,2-10H2,1H3. The van der Waals surface area contributed by atoms with Crippen molar-refractivity contribution in [2.45, 2.75) is 58.3 Å². The summed E-state index contributed by atoms with van der Waals surface area (Å²) >= 11 is 0. The summed E-state index contributed by atoms with van der Waals surface area (Å²) in [6, 6.07) is 0. The first-order valence-corrected chi connectivity index (χ1v) is 6.03. The van der Waals surface area contributed by atoms with Crippen LogP contribution in [0.25, 0.3) is 0 Å². The van der Waals surface area contributed by atoms with Crippen molar-refractivity contribution in [2.75, 3.05) is 6.54 Å². The van der Waals surface area contributed by atoms with Crippen LogP contribution in [0, 0.1) is 5.92 Å². The third-order valence-corrected chi connectivity index (χ3v) is 2.99. The molecule has 0 aromatic carbocycles. The van der Waals surface area contributed by atoms with Crippen LogP contribution in [0.4, 0.5) is 0 Å². The van der Waals surface area contributed by atoms with Crippen LogP contribution < -0.4 is 5.32 Å². The van der Waals surface area contributed by atoms with Crippen molar-refractivity contribution in [1.29, 1.82) is 0 Å². The molecule has 0 N–H and O–H groups in total. The fourth-order valence-electron chi connectivity index (χ4n) is 2.06. The number of amides is 1. The molecule has 1 amide bonds. The molecule has 0 bridgehead atoms. The van der Waals surface area contributed by atoms with E-state index in [1.807, 2.05) is 0 Å².